The molecule has 1 aromatic rings. The van der Waals surface area contributed by atoms with Crippen LogP contribution in [0, 0.1) is 0 Å². The van der Waals surface area contributed by atoms with Gasteiger partial charge < -0.3 is 10.8 Å². The van der Waals surface area contributed by atoms with E-state index in [9.17, 15) is 0 Å². The van der Waals surface area contributed by atoms with Crippen LogP contribution in [0.5, 0.6) is 0 Å². The molecule has 0 heterocycles. The molecule has 2 nitrogen and oxygen atoms in total. The highest BCUT2D eigenvalue weighted by Gasteiger charge is 2.20. The van der Waals surface area contributed by atoms with Crippen LogP contribution in [0.15, 0.2) is 18.2 Å². The summed E-state index contributed by atoms with van der Waals surface area (Å²) in [6.45, 7) is 0.108. The summed E-state index contributed by atoms with van der Waals surface area (Å²) in [5, 5.41) is 9.06. The summed E-state index contributed by atoms with van der Waals surface area (Å²) < 4.78 is 0. The van der Waals surface area contributed by atoms with Crippen LogP contribution in [-0.4, -0.2) is 5.11 Å². The van der Waals surface area contributed by atoms with Crippen molar-refractivity contribution in [3.8, 4) is 0 Å². The molecule has 64 valence electrons. The van der Waals surface area contributed by atoms with Crippen LogP contribution < -0.4 is 5.73 Å². The van der Waals surface area contributed by atoms with Crippen molar-refractivity contribution < 1.29 is 5.11 Å². The van der Waals surface area contributed by atoms with Crippen molar-refractivity contribution in [2.75, 3.05) is 0 Å². The van der Waals surface area contributed by atoms with Gasteiger partial charge in [0.1, 0.15) is 0 Å². The molecule has 0 saturated carbocycles. The number of nitrogens with two attached hydrogens (primary N) is 1. The van der Waals surface area contributed by atoms with Gasteiger partial charge in [-0.2, -0.15) is 0 Å². The molecule has 1 aliphatic carbocycles. The van der Waals surface area contributed by atoms with Gasteiger partial charge in [0, 0.05) is 6.04 Å². The van der Waals surface area contributed by atoms with Gasteiger partial charge in [0.05, 0.1) is 6.61 Å². The molecule has 3 N–H and O–H groups in total. The molecule has 0 aliphatic heterocycles. The van der Waals surface area contributed by atoms with Gasteiger partial charge in [-0.3, -0.25) is 0 Å². The number of fused-ring (bicyclic) bond motifs is 1. The molecule has 0 spiro atoms. The largest absolute Gasteiger partial charge is 0.392 e. The molecule has 0 radical (unpaired) electrons. The first-order valence-electron chi connectivity index (χ1n) is 4.30. The Hall–Kier alpha value is -0.860. The molecule has 1 unspecified atom stereocenters. The van der Waals surface area contributed by atoms with Crippen LogP contribution in [0.1, 0.15) is 29.2 Å². The molecule has 0 fully saturated rings. The fourth-order valence-corrected chi connectivity index (χ4v) is 1.95. The van der Waals surface area contributed by atoms with Crippen molar-refractivity contribution >= 4 is 0 Å². The fraction of sp³-hybridized carbons (Fsp3) is 0.400. The number of hydrogen-bond acceptors (Lipinski definition) is 2. The number of aliphatic hydroxyl groups is 1. The first-order chi connectivity index (χ1) is 5.83. The molecular formula is C10H13NO. The summed E-state index contributed by atoms with van der Waals surface area (Å²) in [4.78, 5) is 0. The average molecular weight is 163 g/mol. The lowest BCUT2D eigenvalue weighted by Crippen LogP contribution is -2.08. The van der Waals surface area contributed by atoms with E-state index in [0.717, 1.165) is 18.4 Å². The maximum absolute atomic E-state index is 9.06. The molecule has 1 aromatic carbocycles. The van der Waals surface area contributed by atoms with Crippen molar-refractivity contribution in [1.82, 2.24) is 0 Å². The highest BCUT2D eigenvalue weighted by molar-refractivity contribution is 5.40. The zero-order chi connectivity index (χ0) is 8.55. The third kappa shape index (κ3) is 1.04. The Morgan fingerprint density at radius 1 is 1.50 bits per heavy atom. The normalized spacial score (nSPS) is 21.0. The zero-order valence-corrected chi connectivity index (χ0v) is 6.96. The second-order valence-electron chi connectivity index (χ2n) is 3.29. The van der Waals surface area contributed by atoms with Gasteiger partial charge in [-0.05, 0) is 29.5 Å². The van der Waals surface area contributed by atoms with Crippen LogP contribution in [0.3, 0.4) is 0 Å². The van der Waals surface area contributed by atoms with Crippen molar-refractivity contribution in [3.63, 3.8) is 0 Å². The van der Waals surface area contributed by atoms with Gasteiger partial charge >= 0.3 is 0 Å². The summed E-state index contributed by atoms with van der Waals surface area (Å²) in [6, 6.07) is 6.18. The van der Waals surface area contributed by atoms with Crippen LogP contribution in [0.25, 0.3) is 0 Å². The van der Waals surface area contributed by atoms with Gasteiger partial charge in [0.15, 0.2) is 0 Å². The lowest BCUT2D eigenvalue weighted by molar-refractivity contribution is 0.280. The van der Waals surface area contributed by atoms with Gasteiger partial charge in [0.2, 0.25) is 0 Å². The van der Waals surface area contributed by atoms with Crippen molar-refractivity contribution in [1.29, 1.82) is 0 Å². The summed E-state index contributed by atoms with van der Waals surface area (Å²) in [5.41, 5.74) is 9.40. The SMILES string of the molecule is NC1CCc2cccc(CO)c21. The van der Waals surface area contributed by atoms with Crippen molar-refractivity contribution in [2.45, 2.75) is 25.5 Å². The summed E-state index contributed by atoms with van der Waals surface area (Å²) in [7, 11) is 0. The van der Waals surface area contributed by atoms with Gasteiger partial charge in [-0.25, -0.2) is 0 Å². The Bertz CT molecular complexity index is 296. The van der Waals surface area contributed by atoms with E-state index in [2.05, 4.69) is 6.07 Å². The topological polar surface area (TPSA) is 46.2 Å². The number of rotatable bonds is 1. The Labute approximate surface area is 72.0 Å². The minimum absolute atomic E-state index is 0.108. The minimum Gasteiger partial charge on any atom is -0.392 e. The van der Waals surface area contributed by atoms with Crippen LogP contribution in [0.4, 0.5) is 0 Å². The first kappa shape index (κ1) is 7.77. The average Bonchev–Trinajstić information content (AvgIpc) is 2.48. The van der Waals surface area contributed by atoms with E-state index < -0.39 is 0 Å². The molecule has 0 bridgehead atoms. The Morgan fingerprint density at radius 3 is 3.08 bits per heavy atom. The van der Waals surface area contributed by atoms with Crippen molar-refractivity contribution in [2.24, 2.45) is 5.73 Å². The molecular weight excluding hydrogens is 150 g/mol. The Morgan fingerprint density at radius 2 is 2.33 bits per heavy atom. The summed E-state index contributed by atoms with van der Waals surface area (Å²) in [5.74, 6) is 0. The molecule has 1 atom stereocenters. The second kappa shape index (κ2) is 2.88. The lowest BCUT2D eigenvalue weighted by Gasteiger charge is -2.09. The Balaban J connectivity index is 2.53. The quantitative estimate of drug-likeness (QED) is 0.651. The second-order valence-corrected chi connectivity index (χ2v) is 3.29. The van der Waals surface area contributed by atoms with E-state index in [4.69, 9.17) is 10.8 Å². The van der Waals surface area contributed by atoms with Crippen molar-refractivity contribution in [3.05, 3.63) is 34.9 Å². The predicted octanol–water partition coefficient (Wildman–Crippen LogP) is 1.12. The van der Waals surface area contributed by atoms with E-state index in [1.807, 2.05) is 12.1 Å². The monoisotopic (exact) mass is 163 g/mol. The molecule has 2 rings (SSSR count). The van der Waals surface area contributed by atoms with Gasteiger partial charge in [-0.1, -0.05) is 18.2 Å². The summed E-state index contributed by atoms with van der Waals surface area (Å²) >= 11 is 0. The minimum atomic E-state index is 0.108. The van der Waals surface area contributed by atoms with E-state index in [1.165, 1.54) is 11.1 Å². The highest BCUT2D eigenvalue weighted by atomic mass is 16.3. The molecule has 2 heteroatoms. The molecule has 0 amide bonds. The third-order valence-corrected chi connectivity index (χ3v) is 2.55. The van der Waals surface area contributed by atoms with E-state index in [-0.39, 0.29) is 12.6 Å². The van der Waals surface area contributed by atoms with Gasteiger partial charge in [0.25, 0.3) is 0 Å². The van der Waals surface area contributed by atoms with E-state index in [1.54, 1.807) is 0 Å². The molecule has 1 aliphatic rings. The maximum atomic E-state index is 9.06. The van der Waals surface area contributed by atoms with E-state index in [0.29, 0.717) is 0 Å². The maximum Gasteiger partial charge on any atom is 0.0685 e. The fourth-order valence-electron chi connectivity index (χ4n) is 1.95. The number of benzene rings is 1. The van der Waals surface area contributed by atoms with Crippen LogP contribution in [-0.2, 0) is 13.0 Å². The number of hydrogen-bond donors (Lipinski definition) is 2. The lowest BCUT2D eigenvalue weighted by atomic mass is 10.0. The van der Waals surface area contributed by atoms with Gasteiger partial charge in [-0.15, -0.1) is 0 Å². The molecule has 0 aromatic heterocycles. The number of aliphatic hydroxyl groups excluding tert-OH is 1. The molecule has 12 heavy (non-hydrogen) atoms. The van der Waals surface area contributed by atoms with Crippen LogP contribution >= 0.6 is 0 Å². The number of aryl methyl sites for hydroxylation is 1. The molecule has 0 saturated heterocycles. The smallest absolute Gasteiger partial charge is 0.0685 e. The highest BCUT2D eigenvalue weighted by Crippen LogP contribution is 2.31. The Kier molecular flexibility index (Phi) is 1.87. The zero-order valence-electron chi connectivity index (χ0n) is 6.96. The standard InChI is InChI=1S/C10H13NO/c11-9-5-4-7-2-1-3-8(6-12)10(7)9/h1-3,9,12H,4-6,11H2. The van der Waals surface area contributed by atoms with E-state index >= 15 is 0 Å². The summed E-state index contributed by atoms with van der Waals surface area (Å²) in [6.07, 6.45) is 2.08. The first-order valence-corrected chi connectivity index (χ1v) is 4.30. The van der Waals surface area contributed by atoms with Crippen LogP contribution in [0.2, 0.25) is 0 Å². The predicted molar refractivity (Wildman–Crippen MR) is 47.6 cm³/mol. The third-order valence-electron chi connectivity index (χ3n) is 2.55.